The van der Waals surface area contributed by atoms with E-state index in [4.69, 9.17) is 15.2 Å². The van der Waals surface area contributed by atoms with Gasteiger partial charge in [-0.2, -0.15) is 4.99 Å². The van der Waals surface area contributed by atoms with Crippen LogP contribution in [0.4, 0.5) is 0 Å². The molecule has 1 aliphatic heterocycles. The number of hydrogen-bond donors (Lipinski definition) is 1. The van der Waals surface area contributed by atoms with E-state index in [2.05, 4.69) is 42.8 Å². The van der Waals surface area contributed by atoms with Gasteiger partial charge in [0.05, 0.1) is 11.5 Å². The number of rotatable bonds is 8. The van der Waals surface area contributed by atoms with Crippen LogP contribution in [0.3, 0.4) is 0 Å². The number of nitrogens with zero attached hydrogens (tertiary/aromatic N) is 1. The Morgan fingerprint density at radius 3 is 2.59 bits per heavy atom. The number of benzene rings is 2. The highest BCUT2D eigenvalue weighted by Crippen LogP contribution is 2.36. The molecule has 0 unspecified atom stereocenters. The van der Waals surface area contributed by atoms with Gasteiger partial charge in [0.2, 0.25) is 0 Å². The molecule has 2 aromatic rings. The van der Waals surface area contributed by atoms with E-state index in [1.54, 1.807) is 6.08 Å². The average Bonchev–Trinajstić information content (AvgIpc) is 3.00. The highest BCUT2D eigenvalue weighted by Gasteiger charge is 2.20. The van der Waals surface area contributed by atoms with Crippen LogP contribution in [0, 0.1) is 6.92 Å². The number of nitrogens with two attached hydrogens (primary N) is 1. The molecule has 150 valence electrons. The molecule has 2 N–H and O–H groups in total. The molecule has 29 heavy (non-hydrogen) atoms. The Balaban J connectivity index is 1.93. The lowest BCUT2D eigenvalue weighted by Gasteiger charge is -2.17. The molecule has 0 aromatic heterocycles. The number of allylic oxidation sites excluding steroid dienone is 1. The third-order valence-corrected chi connectivity index (χ3v) is 5.07. The van der Waals surface area contributed by atoms with Crippen molar-refractivity contribution in [1.82, 2.24) is 0 Å². The summed E-state index contributed by atoms with van der Waals surface area (Å²) in [5, 5.41) is 0.260. The minimum Gasteiger partial charge on any atom is -0.490 e. The number of thioether (sulfide) groups is 1. The van der Waals surface area contributed by atoms with Crippen LogP contribution in [0.2, 0.25) is 0 Å². The maximum atomic E-state index is 11.9. The fourth-order valence-electron chi connectivity index (χ4n) is 2.92. The zero-order valence-corrected chi connectivity index (χ0v) is 17.4. The minimum atomic E-state index is -0.324. The lowest BCUT2D eigenvalue weighted by molar-refractivity contribution is -0.113. The van der Waals surface area contributed by atoms with Gasteiger partial charge in [0.1, 0.15) is 6.61 Å². The number of ether oxygens (including phenoxy) is 2. The van der Waals surface area contributed by atoms with Crippen molar-refractivity contribution in [3.8, 4) is 11.5 Å². The lowest BCUT2D eigenvalue weighted by atomic mass is 10.0. The molecule has 0 aliphatic carbocycles. The van der Waals surface area contributed by atoms with Crippen molar-refractivity contribution in [3.63, 3.8) is 0 Å². The summed E-state index contributed by atoms with van der Waals surface area (Å²) in [7, 11) is 0. The Morgan fingerprint density at radius 1 is 1.21 bits per heavy atom. The van der Waals surface area contributed by atoms with Crippen molar-refractivity contribution in [2.24, 2.45) is 10.7 Å². The highest BCUT2D eigenvalue weighted by atomic mass is 32.2. The van der Waals surface area contributed by atoms with Crippen molar-refractivity contribution < 1.29 is 14.3 Å². The van der Waals surface area contributed by atoms with E-state index in [9.17, 15) is 4.79 Å². The maximum absolute atomic E-state index is 11.9. The van der Waals surface area contributed by atoms with Crippen LogP contribution in [-0.2, 0) is 17.8 Å². The van der Waals surface area contributed by atoms with Crippen LogP contribution < -0.4 is 15.2 Å². The monoisotopic (exact) mass is 408 g/mol. The SMILES string of the molecule is C=CCc1cc(C=C2SC(N)=NC2=O)cc(OCC)c1OCc1ccc(C)cc1. The topological polar surface area (TPSA) is 73.9 Å². The molecule has 0 atom stereocenters. The predicted molar refractivity (Wildman–Crippen MR) is 119 cm³/mol. The van der Waals surface area contributed by atoms with Crippen LogP contribution >= 0.6 is 11.8 Å². The molecule has 0 spiro atoms. The van der Waals surface area contributed by atoms with Crippen LogP contribution in [0.25, 0.3) is 6.08 Å². The summed E-state index contributed by atoms with van der Waals surface area (Å²) in [6.07, 6.45) is 4.20. The molecule has 1 amide bonds. The van der Waals surface area contributed by atoms with Crippen molar-refractivity contribution in [1.29, 1.82) is 0 Å². The predicted octanol–water partition coefficient (Wildman–Crippen LogP) is 4.63. The van der Waals surface area contributed by atoms with E-state index in [0.717, 1.165) is 16.7 Å². The summed E-state index contributed by atoms with van der Waals surface area (Å²) in [6.45, 7) is 8.76. The smallest absolute Gasteiger partial charge is 0.286 e. The summed E-state index contributed by atoms with van der Waals surface area (Å²) >= 11 is 1.17. The Kier molecular flexibility index (Phi) is 6.77. The quantitative estimate of drug-likeness (QED) is 0.509. The van der Waals surface area contributed by atoms with Gasteiger partial charge in [-0.25, -0.2) is 0 Å². The van der Waals surface area contributed by atoms with Crippen molar-refractivity contribution in [2.75, 3.05) is 6.61 Å². The second-order valence-corrected chi connectivity index (χ2v) is 7.64. The molecule has 6 heteroatoms. The third-order valence-electron chi connectivity index (χ3n) is 4.26. The minimum absolute atomic E-state index is 0.260. The molecule has 0 radical (unpaired) electrons. The van der Waals surface area contributed by atoms with Gasteiger partial charge < -0.3 is 15.2 Å². The van der Waals surface area contributed by atoms with E-state index in [-0.39, 0.29) is 11.1 Å². The first-order valence-electron chi connectivity index (χ1n) is 9.37. The molecule has 5 nitrogen and oxygen atoms in total. The number of hydrogen-bond acceptors (Lipinski definition) is 5. The fourth-order valence-corrected chi connectivity index (χ4v) is 3.60. The summed E-state index contributed by atoms with van der Waals surface area (Å²) in [5.41, 5.74) is 9.70. The second-order valence-electron chi connectivity index (χ2n) is 6.57. The summed E-state index contributed by atoms with van der Waals surface area (Å²) < 4.78 is 12.0. The lowest BCUT2D eigenvalue weighted by Crippen LogP contribution is -2.03. The van der Waals surface area contributed by atoms with E-state index in [1.807, 2.05) is 25.1 Å². The van der Waals surface area contributed by atoms with Gasteiger partial charge in [-0.1, -0.05) is 35.9 Å². The van der Waals surface area contributed by atoms with Gasteiger partial charge in [0.25, 0.3) is 5.91 Å². The molecule has 0 fully saturated rings. The normalized spacial score (nSPS) is 14.8. The first-order chi connectivity index (χ1) is 14.0. The Hall–Kier alpha value is -2.99. The Labute approximate surface area is 175 Å². The first kappa shape index (κ1) is 20.7. The zero-order chi connectivity index (χ0) is 20.8. The molecular formula is C23H24N2O3S. The Bertz CT molecular complexity index is 978. The van der Waals surface area contributed by atoms with Crippen LogP contribution in [0.5, 0.6) is 11.5 Å². The summed E-state index contributed by atoms with van der Waals surface area (Å²) in [4.78, 5) is 16.2. The van der Waals surface area contributed by atoms with Gasteiger partial charge in [-0.05, 0) is 61.4 Å². The van der Waals surface area contributed by atoms with Crippen molar-refractivity contribution >= 4 is 28.9 Å². The molecule has 0 bridgehead atoms. The number of carbonyl (C=O) groups is 1. The fraction of sp³-hybridized carbons (Fsp3) is 0.217. The zero-order valence-electron chi connectivity index (χ0n) is 16.6. The summed E-state index contributed by atoms with van der Waals surface area (Å²) in [6, 6.07) is 12.1. The molecule has 3 rings (SSSR count). The van der Waals surface area contributed by atoms with Gasteiger partial charge in [0.15, 0.2) is 16.7 Å². The van der Waals surface area contributed by atoms with Crippen LogP contribution in [0.1, 0.15) is 29.2 Å². The van der Waals surface area contributed by atoms with Gasteiger partial charge in [-0.3, -0.25) is 4.79 Å². The Morgan fingerprint density at radius 2 is 1.97 bits per heavy atom. The van der Waals surface area contributed by atoms with Crippen LogP contribution in [-0.4, -0.2) is 17.7 Å². The van der Waals surface area contributed by atoms with Gasteiger partial charge in [-0.15, -0.1) is 6.58 Å². The maximum Gasteiger partial charge on any atom is 0.286 e. The van der Waals surface area contributed by atoms with Gasteiger partial charge >= 0.3 is 0 Å². The molecule has 2 aromatic carbocycles. The van der Waals surface area contributed by atoms with Gasteiger partial charge in [0, 0.05) is 5.56 Å². The van der Waals surface area contributed by atoms with E-state index < -0.39 is 0 Å². The van der Waals surface area contributed by atoms with E-state index in [0.29, 0.717) is 36.0 Å². The standard InChI is InChI=1S/C23H24N2O3S/c1-4-6-18-11-17(13-20-22(26)25-23(24)29-20)12-19(27-5-2)21(18)28-14-16-9-7-15(3)8-10-16/h4,7-13H,1,5-6,14H2,2-3H3,(H2,24,25,26). The summed E-state index contributed by atoms with van der Waals surface area (Å²) in [5.74, 6) is 1.00. The number of aliphatic imine (C=N–C) groups is 1. The van der Waals surface area contributed by atoms with Crippen molar-refractivity contribution in [2.45, 2.75) is 26.9 Å². The second kappa shape index (κ2) is 9.47. The number of amidine groups is 1. The molecular weight excluding hydrogens is 384 g/mol. The number of carbonyl (C=O) groups excluding carboxylic acids is 1. The molecule has 1 heterocycles. The first-order valence-corrected chi connectivity index (χ1v) is 10.2. The van der Waals surface area contributed by atoms with E-state index >= 15 is 0 Å². The number of amides is 1. The van der Waals surface area contributed by atoms with Crippen molar-refractivity contribution in [3.05, 3.63) is 76.2 Å². The number of aryl methyl sites for hydroxylation is 1. The van der Waals surface area contributed by atoms with E-state index in [1.165, 1.54) is 17.3 Å². The molecule has 1 aliphatic rings. The highest BCUT2D eigenvalue weighted by molar-refractivity contribution is 8.18. The van der Waals surface area contributed by atoms with Crippen LogP contribution in [0.15, 0.2) is 59.0 Å². The average molecular weight is 409 g/mol. The molecule has 0 saturated heterocycles. The largest absolute Gasteiger partial charge is 0.490 e. The molecule has 0 saturated carbocycles. The third kappa shape index (κ3) is 5.29.